The van der Waals surface area contributed by atoms with Crippen molar-refractivity contribution < 1.29 is 27.5 Å². The summed E-state index contributed by atoms with van der Waals surface area (Å²) < 4.78 is 38.3. The first-order chi connectivity index (χ1) is 14.8. The zero-order chi connectivity index (χ0) is 22.4. The Morgan fingerprint density at radius 3 is 2.19 bits per heavy atom. The second kappa shape index (κ2) is 10.1. The number of para-hydroxylation sites is 2. The molecule has 7 nitrogen and oxygen atoms in total. The predicted molar refractivity (Wildman–Crippen MR) is 116 cm³/mol. The van der Waals surface area contributed by atoms with Crippen LogP contribution < -0.4 is 9.47 Å². The Labute approximate surface area is 183 Å². The second-order valence-corrected chi connectivity index (χ2v) is 9.41. The molecule has 0 saturated carbocycles. The fourth-order valence-corrected chi connectivity index (χ4v) is 4.87. The molecule has 0 aromatic heterocycles. The molecule has 0 aliphatic carbocycles. The lowest BCUT2D eigenvalue weighted by Crippen LogP contribution is -2.41. The Morgan fingerprint density at radius 2 is 1.61 bits per heavy atom. The number of Topliss-reactive ketones (excluding diaryl/α,β-unsaturated/α-hetero) is 1. The van der Waals surface area contributed by atoms with Crippen molar-refractivity contribution in [3.8, 4) is 11.5 Å². The zero-order valence-electron chi connectivity index (χ0n) is 17.7. The maximum absolute atomic E-state index is 12.9. The van der Waals surface area contributed by atoms with Crippen LogP contribution in [0.4, 0.5) is 0 Å². The Bertz CT molecular complexity index is 1020. The highest BCUT2D eigenvalue weighted by Gasteiger charge is 2.33. The Morgan fingerprint density at radius 1 is 1.00 bits per heavy atom. The number of hydrogen-bond donors (Lipinski definition) is 0. The van der Waals surface area contributed by atoms with Gasteiger partial charge in [0.15, 0.2) is 17.3 Å². The van der Waals surface area contributed by atoms with E-state index in [0.717, 1.165) is 6.42 Å². The third-order valence-electron chi connectivity index (χ3n) is 5.21. The van der Waals surface area contributed by atoms with Crippen LogP contribution in [0, 0.1) is 5.92 Å². The van der Waals surface area contributed by atoms with E-state index >= 15 is 0 Å². The SMILES string of the molecule is CCCOc1ccccc1OC(=O)C1CCN(S(=O)(=O)c2ccc(C(C)=O)cc2)CC1. The molecule has 1 aliphatic rings. The van der Waals surface area contributed by atoms with Crippen molar-refractivity contribution in [2.75, 3.05) is 19.7 Å². The lowest BCUT2D eigenvalue weighted by atomic mass is 9.98. The van der Waals surface area contributed by atoms with Crippen LogP contribution in [0.25, 0.3) is 0 Å². The summed E-state index contributed by atoms with van der Waals surface area (Å²) in [6.07, 6.45) is 1.59. The van der Waals surface area contributed by atoms with E-state index in [2.05, 4.69) is 0 Å². The number of sulfonamides is 1. The van der Waals surface area contributed by atoms with E-state index in [1.54, 1.807) is 18.2 Å². The Hall–Kier alpha value is -2.71. The molecular formula is C23H27NO6S. The summed E-state index contributed by atoms with van der Waals surface area (Å²) in [5.74, 6) is 0.0133. The van der Waals surface area contributed by atoms with Gasteiger partial charge in [-0.1, -0.05) is 31.2 Å². The summed E-state index contributed by atoms with van der Waals surface area (Å²) in [6, 6.07) is 12.9. The summed E-state index contributed by atoms with van der Waals surface area (Å²) in [5, 5.41) is 0. The van der Waals surface area contributed by atoms with Crippen molar-refractivity contribution in [3.63, 3.8) is 0 Å². The summed E-state index contributed by atoms with van der Waals surface area (Å²) in [7, 11) is -3.68. The monoisotopic (exact) mass is 445 g/mol. The minimum Gasteiger partial charge on any atom is -0.490 e. The summed E-state index contributed by atoms with van der Waals surface area (Å²) in [4.78, 5) is 24.2. The highest BCUT2D eigenvalue weighted by molar-refractivity contribution is 7.89. The molecule has 1 saturated heterocycles. The average Bonchev–Trinajstić information content (AvgIpc) is 2.78. The number of hydrogen-bond acceptors (Lipinski definition) is 6. The number of ether oxygens (including phenoxy) is 2. The van der Waals surface area contributed by atoms with Gasteiger partial charge in [0, 0.05) is 18.7 Å². The lowest BCUT2D eigenvalue weighted by molar-refractivity contribution is -0.140. The molecule has 3 rings (SSSR count). The minimum absolute atomic E-state index is 0.120. The standard InChI is InChI=1S/C23H27NO6S/c1-3-16-29-21-6-4-5-7-22(21)30-23(26)19-12-14-24(15-13-19)31(27,28)20-10-8-18(9-11-20)17(2)25/h4-11,19H,3,12-16H2,1-2H3. The Kier molecular flexibility index (Phi) is 7.46. The number of benzene rings is 2. The maximum Gasteiger partial charge on any atom is 0.314 e. The van der Waals surface area contributed by atoms with Crippen LogP contribution >= 0.6 is 0 Å². The van der Waals surface area contributed by atoms with Gasteiger partial charge in [0.25, 0.3) is 0 Å². The van der Waals surface area contributed by atoms with Crippen molar-refractivity contribution in [1.82, 2.24) is 4.31 Å². The van der Waals surface area contributed by atoms with Crippen LogP contribution in [0.3, 0.4) is 0 Å². The quantitative estimate of drug-likeness (QED) is 0.350. The number of esters is 1. The van der Waals surface area contributed by atoms with Gasteiger partial charge < -0.3 is 9.47 Å². The third-order valence-corrected chi connectivity index (χ3v) is 7.12. The molecule has 0 bridgehead atoms. The molecule has 0 unspecified atom stereocenters. The summed E-state index contributed by atoms with van der Waals surface area (Å²) >= 11 is 0. The van der Waals surface area contributed by atoms with Crippen LogP contribution in [-0.4, -0.2) is 44.2 Å². The van der Waals surface area contributed by atoms with Crippen molar-refractivity contribution >= 4 is 21.8 Å². The predicted octanol–water partition coefficient (Wildman–Crippen LogP) is 3.68. The average molecular weight is 446 g/mol. The smallest absolute Gasteiger partial charge is 0.314 e. The molecule has 2 aromatic carbocycles. The topological polar surface area (TPSA) is 90.0 Å². The fourth-order valence-electron chi connectivity index (χ4n) is 3.40. The van der Waals surface area contributed by atoms with Gasteiger partial charge in [-0.15, -0.1) is 0 Å². The van der Waals surface area contributed by atoms with Gasteiger partial charge in [-0.25, -0.2) is 8.42 Å². The van der Waals surface area contributed by atoms with Gasteiger partial charge in [-0.05, 0) is 50.5 Å². The molecule has 0 spiro atoms. The highest BCUT2D eigenvalue weighted by Crippen LogP contribution is 2.30. The van der Waals surface area contributed by atoms with E-state index in [4.69, 9.17) is 9.47 Å². The largest absolute Gasteiger partial charge is 0.490 e. The van der Waals surface area contributed by atoms with Gasteiger partial charge in [0.1, 0.15) is 0 Å². The third kappa shape index (κ3) is 5.51. The van der Waals surface area contributed by atoms with Gasteiger partial charge >= 0.3 is 5.97 Å². The molecule has 31 heavy (non-hydrogen) atoms. The molecule has 0 atom stereocenters. The van der Waals surface area contributed by atoms with Crippen molar-refractivity contribution in [2.24, 2.45) is 5.92 Å². The summed E-state index contributed by atoms with van der Waals surface area (Å²) in [5.41, 5.74) is 0.462. The molecule has 166 valence electrons. The van der Waals surface area contributed by atoms with E-state index in [0.29, 0.717) is 36.5 Å². The first-order valence-corrected chi connectivity index (χ1v) is 11.8. The van der Waals surface area contributed by atoms with E-state index in [1.165, 1.54) is 35.5 Å². The molecule has 0 radical (unpaired) electrons. The van der Waals surface area contributed by atoms with E-state index in [1.807, 2.05) is 13.0 Å². The van der Waals surface area contributed by atoms with Gasteiger partial charge in [0.2, 0.25) is 10.0 Å². The van der Waals surface area contributed by atoms with Crippen LogP contribution in [0.1, 0.15) is 43.5 Å². The molecular weight excluding hydrogens is 418 g/mol. The lowest BCUT2D eigenvalue weighted by Gasteiger charge is -2.30. The van der Waals surface area contributed by atoms with Crippen LogP contribution in [0.5, 0.6) is 11.5 Å². The van der Waals surface area contributed by atoms with Crippen molar-refractivity contribution in [3.05, 3.63) is 54.1 Å². The van der Waals surface area contributed by atoms with E-state index in [-0.39, 0.29) is 35.7 Å². The molecule has 0 amide bonds. The second-order valence-electron chi connectivity index (χ2n) is 7.48. The number of carbonyl (C=O) groups is 2. The van der Waals surface area contributed by atoms with Crippen LogP contribution in [0.15, 0.2) is 53.4 Å². The maximum atomic E-state index is 12.9. The minimum atomic E-state index is -3.68. The van der Waals surface area contributed by atoms with Gasteiger partial charge in [-0.2, -0.15) is 4.31 Å². The first kappa shape index (κ1) is 23.0. The van der Waals surface area contributed by atoms with Gasteiger partial charge in [0.05, 0.1) is 17.4 Å². The number of nitrogens with zero attached hydrogens (tertiary/aromatic N) is 1. The number of ketones is 1. The molecule has 1 fully saturated rings. The zero-order valence-corrected chi connectivity index (χ0v) is 18.6. The molecule has 0 N–H and O–H groups in total. The fraction of sp³-hybridized carbons (Fsp3) is 0.391. The van der Waals surface area contributed by atoms with Crippen LogP contribution in [-0.2, 0) is 14.8 Å². The molecule has 2 aromatic rings. The number of piperidine rings is 1. The van der Waals surface area contributed by atoms with Crippen molar-refractivity contribution in [2.45, 2.75) is 38.0 Å². The molecule has 8 heteroatoms. The van der Waals surface area contributed by atoms with E-state index < -0.39 is 10.0 Å². The first-order valence-electron chi connectivity index (χ1n) is 10.4. The Balaban J connectivity index is 1.61. The number of rotatable bonds is 8. The molecule has 1 heterocycles. The normalized spacial score (nSPS) is 15.4. The number of carbonyl (C=O) groups excluding carboxylic acids is 2. The van der Waals surface area contributed by atoms with Crippen LogP contribution in [0.2, 0.25) is 0 Å². The highest BCUT2D eigenvalue weighted by atomic mass is 32.2. The van der Waals surface area contributed by atoms with Crippen molar-refractivity contribution in [1.29, 1.82) is 0 Å². The van der Waals surface area contributed by atoms with Gasteiger partial charge in [-0.3, -0.25) is 9.59 Å². The molecule has 1 aliphatic heterocycles. The van der Waals surface area contributed by atoms with E-state index in [9.17, 15) is 18.0 Å². The summed E-state index contributed by atoms with van der Waals surface area (Å²) in [6.45, 7) is 4.41.